The summed E-state index contributed by atoms with van der Waals surface area (Å²) in [5, 5.41) is 18.1. The number of nitrogens with one attached hydrogen (secondary N) is 1. The van der Waals surface area contributed by atoms with Gasteiger partial charge >= 0.3 is 0 Å². The Bertz CT molecular complexity index is 1260. The molecule has 166 valence electrons. The van der Waals surface area contributed by atoms with E-state index in [1.165, 1.54) is 29.5 Å². The van der Waals surface area contributed by atoms with Gasteiger partial charge in [-0.1, -0.05) is 23.8 Å². The molecule has 4 rings (SSSR count). The molecule has 1 aromatic carbocycles. The topological polar surface area (TPSA) is 140 Å². The Kier molecular flexibility index (Phi) is 5.70. The molecule has 0 unspecified atom stereocenters. The first-order chi connectivity index (χ1) is 15.3. The van der Waals surface area contributed by atoms with Crippen LogP contribution in [0.2, 0.25) is 0 Å². The Labute approximate surface area is 186 Å². The van der Waals surface area contributed by atoms with Crippen LogP contribution in [0.25, 0.3) is 4.96 Å². The third kappa shape index (κ3) is 3.84. The van der Waals surface area contributed by atoms with Crippen molar-refractivity contribution >= 4 is 45.7 Å². The Morgan fingerprint density at radius 2 is 1.97 bits per heavy atom. The van der Waals surface area contributed by atoms with E-state index in [1.807, 2.05) is 13.8 Å². The van der Waals surface area contributed by atoms with Crippen molar-refractivity contribution in [2.24, 2.45) is 0 Å². The van der Waals surface area contributed by atoms with E-state index >= 15 is 0 Å². The van der Waals surface area contributed by atoms with Gasteiger partial charge in [-0.05, 0) is 32.8 Å². The molecule has 1 aliphatic heterocycles. The van der Waals surface area contributed by atoms with Gasteiger partial charge in [0.1, 0.15) is 5.56 Å². The predicted molar refractivity (Wildman–Crippen MR) is 116 cm³/mol. The first-order valence-corrected chi connectivity index (χ1v) is 10.9. The van der Waals surface area contributed by atoms with Crippen LogP contribution in [-0.4, -0.2) is 48.7 Å². The molecule has 0 bridgehead atoms. The third-order valence-electron chi connectivity index (χ3n) is 5.36. The molecular formula is C20H20N6O5S. The molecule has 0 radical (unpaired) electrons. The lowest BCUT2D eigenvalue weighted by molar-refractivity contribution is -0.385. The molecule has 0 aliphatic carbocycles. The van der Waals surface area contributed by atoms with Crippen molar-refractivity contribution in [3.05, 3.63) is 50.0 Å². The van der Waals surface area contributed by atoms with E-state index in [4.69, 9.17) is 0 Å². The number of thiazole rings is 1. The predicted octanol–water partition coefficient (Wildman–Crippen LogP) is 3.11. The highest BCUT2D eigenvalue weighted by molar-refractivity contribution is 7.17. The standard InChI is InChI=1S/C20H20N6O5S/c1-11-12(2)32-20-22-19(23-25(11)20)21-15(27)9-4-3-5-10-24-17(28)13-7-6-8-14(26(30)31)16(13)18(24)29/h6-8H,3-5,9-10H2,1-2H3,(H,21,23,27). The minimum absolute atomic E-state index is 0.0569. The quantitative estimate of drug-likeness (QED) is 0.238. The molecule has 2 aromatic heterocycles. The van der Waals surface area contributed by atoms with Gasteiger partial charge in [0.25, 0.3) is 17.5 Å². The van der Waals surface area contributed by atoms with Crippen molar-refractivity contribution < 1.29 is 19.3 Å². The van der Waals surface area contributed by atoms with Crippen LogP contribution >= 0.6 is 11.3 Å². The van der Waals surface area contributed by atoms with Gasteiger partial charge in [-0.2, -0.15) is 4.98 Å². The number of rotatable bonds is 8. The number of hydrogen-bond donors (Lipinski definition) is 1. The first kappa shape index (κ1) is 21.6. The monoisotopic (exact) mass is 456 g/mol. The fourth-order valence-electron chi connectivity index (χ4n) is 3.59. The molecular weight excluding hydrogens is 436 g/mol. The summed E-state index contributed by atoms with van der Waals surface area (Å²) >= 11 is 1.50. The molecule has 0 spiro atoms. The third-order valence-corrected chi connectivity index (χ3v) is 6.41. The smallest absolute Gasteiger partial charge is 0.282 e. The molecule has 0 atom stereocenters. The van der Waals surface area contributed by atoms with Crippen LogP contribution in [0.4, 0.5) is 11.6 Å². The molecule has 3 aromatic rings. The number of nitro groups is 1. The average molecular weight is 456 g/mol. The van der Waals surface area contributed by atoms with Crippen LogP contribution in [0.15, 0.2) is 18.2 Å². The van der Waals surface area contributed by atoms with Crippen molar-refractivity contribution in [3.8, 4) is 0 Å². The van der Waals surface area contributed by atoms with E-state index in [2.05, 4.69) is 15.4 Å². The number of carbonyl (C=O) groups is 3. The number of unbranched alkanes of at least 4 members (excludes halogenated alkanes) is 2. The van der Waals surface area contributed by atoms with Gasteiger partial charge in [-0.3, -0.25) is 34.7 Å². The first-order valence-electron chi connectivity index (χ1n) is 10.0. The maximum atomic E-state index is 12.5. The molecule has 0 fully saturated rings. The molecule has 3 amide bonds. The number of carbonyl (C=O) groups excluding carboxylic acids is 3. The lowest BCUT2D eigenvalue weighted by Crippen LogP contribution is -2.30. The Hall–Kier alpha value is -3.67. The summed E-state index contributed by atoms with van der Waals surface area (Å²) in [7, 11) is 0. The molecule has 32 heavy (non-hydrogen) atoms. The average Bonchev–Trinajstić information content (AvgIpc) is 3.34. The van der Waals surface area contributed by atoms with Gasteiger partial charge in [0.15, 0.2) is 0 Å². The lowest BCUT2D eigenvalue weighted by Gasteiger charge is -2.13. The fraction of sp³-hybridized carbons (Fsp3) is 0.350. The van der Waals surface area contributed by atoms with Gasteiger partial charge in [-0.15, -0.1) is 5.10 Å². The van der Waals surface area contributed by atoms with Crippen molar-refractivity contribution in [1.82, 2.24) is 19.5 Å². The van der Waals surface area contributed by atoms with Crippen LogP contribution in [0.1, 0.15) is 57.0 Å². The van der Waals surface area contributed by atoms with Crippen molar-refractivity contribution in [2.75, 3.05) is 11.9 Å². The number of aromatic nitrogens is 3. The molecule has 11 nitrogen and oxygen atoms in total. The fourth-order valence-corrected chi connectivity index (χ4v) is 4.49. The van der Waals surface area contributed by atoms with Crippen molar-refractivity contribution in [2.45, 2.75) is 39.5 Å². The van der Waals surface area contributed by atoms with E-state index in [-0.39, 0.29) is 41.6 Å². The minimum Gasteiger partial charge on any atom is -0.293 e. The number of anilines is 1. The number of hydrogen-bond acceptors (Lipinski definition) is 8. The molecule has 3 heterocycles. The number of imide groups is 1. The molecule has 1 N–H and O–H groups in total. The number of nitro benzene ring substituents is 1. The van der Waals surface area contributed by atoms with Crippen molar-refractivity contribution in [3.63, 3.8) is 0 Å². The summed E-state index contributed by atoms with van der Waals surface area (Å²) in [6.45, 7) is 4.06. The van der Waals surface area contributed by atoms with E-state index in [0.717, 1.165) is 20.4 Å². The van der Waals surface area contributed by atoms with Gasteiger partial charge in [0, 0.05) is 23.9 Å². The normalized spacial score (nSPS) is 13.1. The highest BCUT2D eigenvalue weighted by atomic mass is 32.1. The summed E-state index contributed by atoms with van der Waals surface area (Å²) in [6.07, 6.45) is 1.89. The van der Waals surface area contributed by atoms with E-state index < -0.39 is 16.7 Å². The zero-order valence-corrected chi connectivity index (χ0v) is 18.3. The number of aryl methyl sites for hydroxylation is 2. The van der Waals surface area contributed by atoms with Gasteiger partial charge in [0.05, 0.1) is 16.2 Å². The molecule has 12 heteroatoms. The van der Waals surface area contributed by atoms with Crippen LogP contribution in [0.3, 0.4) is 0 Å². The second kappa shape index (κ2) is 8.46. The summed E-state index contributed by atoms with van der Waals surface area (Å²) in [5.41, 5.74) is 0.524. The van der Waals surface area contributed by atoms with Gasteiger partial charge < -0.3 is 0 Å². The van der Waals surface area contributed by atoms with E-state index in [0.29, 0.717) is 19.3 Å². The highest BCUT2D eigenvalue weighted by Gasteiger charge is 2.40. The minimum atomic E-state index is -0.660. The number of benzene rings is 1. The summed E-state index contributed by atoms with van der Waals surface area (Å²) in [5.74, 6) is -1.12. The summed E-state index contributed by atoms with van der Waals surface area (Å²) in [4.78, 5) is 54.8. The zero-order chi connectivity index (χ0) is 23.0. The SMILES string of the molecule is Cc1sc2nc(NC(=O)CCCCCN3C(=O)c4cccc([N+](=O)[O-])c4C3=O)nn2c1C. The van der Waals surface area contributed by atoms with Gasteiger partial charge in [0.2, 0.25) is 16.8 Å². The Morgan fingerprint density at radius 1 is 1.19 bits per heavy atom. The van der Waals surface area contributed by atoms with E-state index in [9.17, 15) is 24.5 Å². The largest absolute Gasteiger partial charge is 0.293 e. The molecule has 1 aliphatic rings. The van der Waals surface area contributed by atoms with Gasteiger partial charge in [-0.25, -0.2) is 4.52 Å². The summed E-state index contributed by atoms with van der Waals surface area (Å²) in [6, 6.07) is 4.03. The van der Waals surface area contributed by atoms with Crippen molar-refractivity contribution in [1.29, 1.82) is 0 Å². The van der Waals surface area contributed by atoms with Crippen LogP contribution in [-0.2, 0) is 4.79 Å². The highest BCUT2D eigenvalue weighted by Crippen LogP contribution is 2.31. The molecule has 0 saturated heterocycles. The van der Waals surface area contributed by atoms with E-state index in [1.54, 1.807) is 4.52 Å². The number of amides is 3. The lowest BCUT2D eigenvalue weighted by atomic mass is 10.1. The number of nitrogens with zero attached hydrogens (tertiary/aromatic N) is 5. The maximum Gasteiger partial charge on any atom is 0.282 e. The Balaban J connectivity index is 1.25. The Morgan fingerprint density at radius 3 is 2.69 bits per heavy atom. The van der Waals surface area contributed by atoms with Crippen LogP contribution in [0.5, 0.6) is 0 Å². The second-order valence-corrected chi connectivity index (χ2v) is 8.63. The van der Waals surface area contributed by atoms with Crippen LogP contribution < -0.4 is 5.32 Å². The number of fused-ring (bicyclic) bond motifs is 2. The second-order valence-electron chi connectivity index (χ2n) is 7.45. The maximum absolute atomic E-state index is 12.5. The van der Waals surface area contributed by atoms with Crippen LogP contribution in [0, 0.1) is 24.0 Å². The molecule has 0 saturated carbocycles. The zero-order valence-electron chi connectivity index (χ0n) is 17.5. The summed E-state index contributed by atoms with van der Waals surface area (Å²) < 4.78 is 1.70.